The zero-order valence-corrected chi connectivity index (χ0v) is 17.2. The van der Waals surface area contributed by atoms with Crippen molar-refractivity contribution >= 4 is 30.0 Å². The smallest absolute Gasteiger partial charge is 0.270 e. The number of aromatic nitrogens is 1. The van der Waals surface area contributed by atoms with Gasteiger partial charge in [0.05, 0.1) is 5.92 Å². The summed E-state index contributed by atoms with van der Waals surface area (Å²) in [5.74, 6) is -0.412. The van der Waals surface area contributed by atoms with E-state index >= 15 is 0 Å². The van der Waals surface area contributed by atoms with Crippen LogP contribution in [0.5, 0.6) is 0 Å². The van der Waals surface area contributed by atoms with Crippen molar-refractivity contribution in [3.8, 4) is 0 Å². The van der Waals surface area contributed by atoms with Crippen LogP contribution in [0.4, 0.5) is 0 Å². The molecule has 2 heterocycles. The number of ketones is 1. The summed E-state index contributed by atoms with van der Waals surface area (Å²) in [6.45, 7) is 7.25. The lowest BCUT2D eigenvalue weighted by Gasteiger charge is -2.32. The molecule has 1 atom stereocenters. The van der Waals surface area contributed by atoms with Crippen LogP contribution >= 0.6 is 12.4 Å². The van der Waals surface area contributed by atoms with Crippen LogP contribution in [0, 0.1) is 12.8 Å². The van der Waals surface area contributed by atoms with Gasteiger partial charge in [0.2, 0.25) is 5.91 Å². The lowest BCUT2D eigenvalue weighted by Crippen LogP contribution is -2.46. The number of nitrogens with two attached hydrogens (primary N) is 1. The molecule has 1 fully saturated rings. The van der Waals surface area contributed by atoms with E-state index in [0.29, 0.717) is 43.9 Å². The Hall–Kier alpha value is -1.86. The number of likely N-dealkylation sites (tertiary alicyclic amines) is 1. The standard InChI is InChI=1S/C19H30N4O3.ClH/c1-4-6-15-16(13(3)24)12(2)22-17(15)19(26)23-10-5-7-14(11-23)18(25)21-9-8-20;/h14,22H,4-11,20H2,1-3H3,(H,21,25);1H. The van der Waals surface area contributed by atoms with Crippen LogP contribution < -0.4 is 11.1 Å². The van der Waals surface area contributed by atoms with Gasteiger partial charge in [-0.05, 0) is 38.7 Å². The number of carbonyl (C=O) groups is 3. The SMILES string of the molecule is CCCc1c(C(=O)N2CCCC(C(=O)NCCN)C2)[nH]c(C)c1C(C)=O.Cl. The zero-order chi connectivity index (χ0) is 19.3. The molecular formula is C19H31ClN4O3. The number of Topliss-reactive ketones (excluding diaryl/α,β-unsaturated/α-hetero) is 1. The van der Waals surface area contributed by atoms with Crippen LogP contribution in [-0.4, -0.2) is 53.7 Å². The first kappa shape index (κ1) is 23.2. The molecule has 0 aliphatic carbocycles. The maximum atomic E-state index is 13.1. The maximum absolute atomic E-state index is 13.1. The topological polar surface area (TPSA) is 108 Å². The molecule has 0 saturated carbocycles. The first-order valence-electron chi connectivity index (χ1n) is 9.40. The lowest BCUT2D eigenvalue weighted by atomic mass is 9.96. The molecule has 0 aromatic carbocycles. The Bertz CT molecular complexity index is 687. The molecule has 0 radical (unpaired) electrons. The van der Waals surface area contributed by atoms with Crippen molar-refractivity contribution in [2.24, 2.45) is 11.7 Å². The number of piperidine rings is 1. The Morgan fingerprint density at radius 2 is 2.04 bits per heavy atom. The molecule has 27 heavy (non-hydrogen) atoms. The number of hydrogen-bond donors (Lipinski definition) is 3. The Morgan fingerprint density at radius 1 is 1.33 bits per heavy atom. The molecule has 7 nitrogen and oxygen atoms in total. The predicted molar refractivity (Wildman–Crippen MR) is 107 cm³/mol. The van der Waals surface area contributed by atoms with Gasteiger partial charge in [0.1, 0.15) is 5.69 Å². The van der Waals surface area contributed by atoms with Gasteiger partial charge in [0.15, 0.2) is 5.78 Å². The summed E-state index contributed by atoms with van der Waals surface area (Å²) >= 11 is 0. The summed E-state index contributed by atoms with van der Waals surface area (Å²) < 4.78 is 0. The highest BCUT2D eigenvalue weighted by molar-refractivity contribution is 6.02. The lowest BCUT2D eigenvalue weighted by molar-refractivity contribution is -0.126. The van der Waals surface area contributed by atoms with Crippen molar-refractivity contribution in [1.29, 1.82) is 0 Å². The summed E-state index contributed by atoms with van der Waals surface area (Å²) in [6.07, 6.45) is 3.08. The average molecular weight is 399 g/mol. The Kier molecular flexibility index (Phi) is 8.99. The second kappa shape index (κ2) is 10.5. The van der Waals surface area contributed by atoms with Gasteiger partial charge < -0.3 is 20.9 Å². The number of nitrogens with zero attached hydrogens (tertiary/aromatic N) is 1. The molecule has 1 aromatic rings. The van der Waals surface area contributed by atoms with E-state index in [1.165, 1.54) is 6.92 Å². The van der Waals surface area contributed by atoms with Gasteiger partial charge in [0, 0.05) is 37.4 Å². The van der Waals surface area contributed by atoms with Crippen molar-refractivity contribution in [2.75, 3.05) is 26.2 Å². The van der Waals surface area contributed by atoms with E-state index in [9.17, 15) is 14.4 Å². The average Bonchev–Trinajstić information content (AvgIpc) is 2.95. The number of nitrogens with one attached hydrogen (secondary N) is 2. The summed E-state index contributed by atoms with van der Waals surface area (Å²) in [6, 6.07) is 0. The molecule has 0 bridgehead atoms. The van der Waals surface area contributed by atoms with Crippen LogP contribution in [0.2, 0.25) is 0 Å². The molecule has 2 amide bonds. The normalized spacial score (nSPS) is 16.6. The summed E-state index contributed by atoms with van der Waals surface area (Å²) in [7, 11) is 0. The summed E-state index contributed by atoms with van der Waals surface area (Å²) in [4.78, 5) is 42.2. The van der Waals surface area contributed by atoms with Crippen LogP contribution in [0.15, 0.2) is 0 Å². The second-order valence-corrected chi connectivity index (χ2v) is 6.95. The number of amides is 2. The van der Waals surface area contributed by atoms with Crippen LogP contribution in [-0.2, 0) is 11.2 Å². The minimum absolute atomic E-state index is 0. The van der Waals surface area contributed by atoms with E-state index in [2.05, 4.69) is 10.3 Å². The zero-order valence-electron chi connectivity index (χ0n) is 16.4. The van der Waals surface area contributed by atoms with Gasteiger partial charge in [-0.1, -0.05) is 13.3 Å². The first-order chi connectivity index (χ1) is 12.4. The molecule has 1 aliphatic rings. The van der Waals surface area contributed by atoms with Crippen LogP contribution in [0.3, 0.4) is 0 Å². The fourth-order valence-electron chi connectivity index (χ4n) is 3.71. The monoisotopic (exact) mass is 398 g/mol. The molecular weight excluding hydrogens is 368 g/mol. The largest absolute Gasteiger partial charge is 0.355 e. The molecule has 2 rings (SSSR count). The molecule has 4 N–H and O–H groups in total. The van der Waals surface area contributed by atoms with E-state index < -0.39 is 0 Å². The van der Waals surface area contributed by atoms with Gasteiger partial charge >= 0.3 is 0 Å². The van der Waals surface area contributed by atoms with E-state index in [0.717, 1.165) is 30.5 Å². The fourth-order valence-corrected chi connectivity index (χ4v) is 3.71. The fraction of sp³-hybridized carbons (Fsp3) is 0.632. The Morgan fingerprint density at radius 3 is 2.63 bits per heavy atom. The third-order valence-electron chi connectivity index (χ3n) is 4.88. The number of aromatic amines is 1. The molecule has 152 valence electrons. The first-order valence-corrected chi connectivity index (χ1v) is 9.40. The van der Waals surface area contributed by atoms with E-state index in [1.807, 2.05) is 13.8 Å². The molecule has 1 aliphatic heterocycles. The van der Waals surface area contributed by atoms with E-state index in [-0.39, 0.29) is 35.9 Å². The summed E-state index contributed by atoms with van der Waals surface area (Å²) in [5.41, 5.74) is 8.10. The van der Waals surface area contributed by atoms with Crippen molar-refractivity contribution < 1.29 is 14.4 Å². The molecule has 1 unspecified atom stereocenters. The number of aryl methyl sites for hydroxylation is 1. The van der Waals surface area contributed by atoms with E-state index in [1.54, 1.807) is 4.90 Å². The molecule has 1 aromatic heterocycles. The number of halogens is 1. The third kappa shape index (κ3) is 5.32. The van der Waals surface area contributed by atoms with Gasteiger partial charge in [-0.15, -0.1) is 12.4 Å². The van der Waals surface area contributed by atoms with Crippen molar-refractivity contribution in [3.05, 3.63) is 22.5 Å². The summed E-state index contributed by atoms with van der Waals surface area (Å²) in [5, 5.41) is 2.81. The molecule has 1 saturated heterocycles. The quantitative estimate of drug-likeness (QED) is 0.608. The maximum Gasteiger partial charge on any atom is 0.270 e. The Labute approximate surface area is 166 Å². The number of H-pyrrole nitrogens is 1. The van der Waals surface area contributed by atoms with Crippen molar-refractivity contribution in [2.45, 2.75) is 46.5 Å². The highest BCUT2D eigenvalue weighted by atomic mass is 35.5. The Balaban J connectivity index is 0.00000364. The number of carbonyl (C=O) groups excluding carboxylic acids is 3. The highest BCUT2D eigenvalue weighted by Gasteiger charge is 2.31. The van der Waals surface area contributed by atoms with Crippen LogP contribution in [0.1, 0.15) is 65.2 Å². The highest BCUT2D eigenvalue weighted by Crippen LogP contribution is 2.25. The van der Waals surface area contributed by atoms with Gasteiger partial charge in [0.25, 0.3) is 5.91 Å². The number of hydrogen-bond acceptors (Lipinski definition) is 4. The van der Waals surface area contributed by atoms with Gasteiger partial charge in [-0.25, -0.2) is 0 Å². The van der Waals surface area contributed by atoms with Crippen molar-refractivity contribution in [1.82, 2.24) is 15.2 Å². The predicted octanol–water partition coefficient (Wildman–Crippen LogP) is 1.83. The molecule has 8 heteroatoms. The third-order valence-corrected chi connectivity index (χ3v) is 4.88. The minimum atomic E-state index is -0.211. The van der Waals surface area contributed by atoms with Gasteiger partial charge in [-0.2, -0.15) is 0 Å². The van der Waals surface area contributed by atoms with Crippen LogP contribution in [0.25, 0.3) is 0 Å². The van der Waals surface area contributed by atoms with E-state index in [4.69, 9.17) is 5.73 Å². The number of rotatable bonds is 7. The molecule has 0 spiro atoms. The second-order valence-electron chi connectivity index (χ2n) is 6.95. The van der Waals surface area contributed by atoms with Gasteiger partial charge in [-0.3, -0.25) is 14.4 Å². The van der Waals surface area contributed by atoms with Crippen molar-refractivity contribution in [3.63, 3.8) is 0 Å². The minimum Gasteiger partial charge on any atom is -0.355 e.